The van der Waals surface area contributed by atoms with E-state index in [4.69, 9.17) is 10.5 Å². The molecule has 0 aliphatic carbocycles. The third-order valence-electron chi connectivity index (χ3n) is 4.19. The van der Waals surface area contributed by atoms with Crippen LogP contribution >= 0.6 is 24.8 Å². The maximum absolute atomic E-state index is 12.4. The van der Waals surface area contributed by atoms with E-state index in [1.165, 1.54) is 5.56 Å². The Kier molecular flexibility index (Phi) is 10.8. The van der Waals surface area contributed by atoms with Gasteiger partial charge in [0.2, 0.25) is 5.91 Å². The lowest BCUT2D eigenvalue weighted by atomic mass is 10.1. The van der Waals surface area contributed by atoms with Crippen molar-refractivity contribution in [1.82, 2.24) is 9.97 Å². The second-order valence-corrected chi connectivity index (χ2v) is 6.31. The normalized spacial score (nSPS) is 10.9. The summed E-state index contributed by atoms with van der Waals surface area (Å²) in [6.07, 6.45) is 5.47. The quantitative estimate of drug-likeness (QED) is 0.445. The molecule has 0 aliphatic rings. The highest BCUT2D eigenvalue weighted by molar-refractivity contribution is 5.96. The lowest BCUT2D eigenvalue weighted by molar-refractivity contribution is -0.117. The Bertz CT molecular complexity index is 845. The highest BCUT2D eigenvalue weighted by atomic mass is 35.5. The zero-order valence-electron chi connectivity index (χ0n) is 15.9. The van der Waals surface area contributed by atoms with Crippen LogP contribution in [0.3, 0.4) is 0 Å². The van der Waals surface area contributed by atoms with Crippen LogP contribution in [0.15, 0.2) is 67.1 Å². The predicted molar refractivity (Wildman–Crippen MR) is 120 cm³/mol. The van der Waals surface area contributed by atoms with Crippen LogP contribution in [-0.2, 0) is 17.6 Å². The Morgan fingerprint density at radius 2 is 1.83 bits per heavy atom. The molecule has 0 bridgehead atoms. The minimum Gasteiger partial charge on any atom is -0.491 e. The van der Waals surface area contributed by atoms with Gasteiger partial charge in [-0.15, -0.1) is 24.8 Å². The lowest BCUT2D eigenvalue weighted by Gasteiger charge is -2.15. The van der Waals surface area contributed by atoms with Crippen LogP contribution in [-0.4, -0.2) is 28.5 Å². The number of benzene rings is 2. The molecule has 156 valence electrons. The van der Waals surface area contributed by atoms with Gasteiger partial charge in [-0.25, -0.2) is 4.98 Å². The largest absolute Gasteiger partial charge is 0.491 e. The Morgan fingerprint density at radius 3 is 2.55 bits per heavy atom. The molecule has 1 amide bonds. The summed E-state index contributed by atoms with van der Waals surface area (Å²) < 4.78 is 5.87. The molecule has 3 aromatic rings. The topological polar surface area (TPSA) is 93.0 Å². The van der Waals surface area contributed by atoms with Crippen LogP contribution in [0.2, 0.25) is 0 Å². The van der Waals surface area contributed by atoms with Gasteiger partial charge in [0.1, 0.15) is 5.75 Å². The standard InChI is InChI=1S/C21H24N4O2.2ClH/c22-18(13-17-14-23-15-24-17)21(26)25-19-10-4-5-11-20(19)27-12-6-9-16-7-2-1-3-8-16;;/h1-5,7-8,10-11,14-15,18H,6,9,12-13,22H2,(H,23,24)(H,25,26);2*1H/t18-;;/m0../s1. The number of nitrogens with one attached hydrogen (secondary N) is 2. The van der Waals surface area contributed by atoms with Gasteiger partial charge in [0, 0.05) is 18.3 Å². The first-order valence-electron chi connectivity index (χ1n) is 9.02. The van der Waals surface area contributed by atoms with Gasteiger partial charge >= 0.3 is 0 Å². The number of hydrogen-bond donors (Lipinski definition) is 3. The number of halogens is 2. The van der Waals surface area contributed by atoms with E-state index in [-0.39, 0.29) is 30.7 Å². The molecule has 3 rings (SSSR count). The van der Waals surface area contributed by atoms with Gasteiger partial charge in [0.25, 0.3) is 0 Å². The van der Waals surface area contributed by atoms with E-state index in [0.29, 0.717) is 24.5 Å². The number of anilines is 1. The summed E-state index contributed by atoms with van der Waals surface area (Å²) in [7, 11) is 0. The fourth-order valence-electron chi connectivity index (χ4n) is 2.75. The maximum Gasteiger partial charge on any atom is 0.241 e. The zero-order valence-corrected chi connectivity index (χ0v) is 17.5. The van der Waals surface area contributed by atoms with E-state index in [0.717, 1.165) is 18.5 Å². The van der Waals surface area contributed by atoms with Gasteiger partial charge in [-0.05, 0) is 30.5 Å². The molecule has 1 aromatic heterocycles. The number of imidazole rings is 1. The smallest absolute Gasteiger partial charge is 0.241 e. The summed E-state index contributed by atoms with van der Waals surface area (Å²) in [5, 5.41) is 2.86. The van der Waals surface area contributed by atoms with Crippen molar-refractivity contribution in [2.75, 3.05) is 11.9 Å². The van der Waals surface area contributed by atoms with E-state index >= 15 is 0 Å². The van der Waals surface area contributed by atoms with E-state index in [1.54, 1.807) is 12.5 Å². The van der Waals surface area contributed by atoms with E-state index in [2.05, 4.69) is 27.4 Å². The fourth-order valence-corrected chi connectivity index (χ4v) is 2.75. The number of carbonyl (C=O) groups excluding carboxylic acids is 1. The van der Waals surface area contributed by atoms with Gasteiger partial charge in [0.05, 0.1) is 24.7 Å². The van der Waals surface area contributed by atoms with E-state index in [1.807, 2.05) is 42.5 Å². The van der Waals surface area contributed by atoms with Gasteiger partial charge in [-0.1, -0.05) is 42.5 Å². The number of hydrogen-bond acceptors (Lipinski definition) is 4. The SMILES string of the molecule is Cl.Cl.N[C@@H](Cc1cnc[nH]1)C(=O)Nc1ccccc1OCCCc1ccccc1. The van der Waals surface area contributed by atoms with Crippen molar-refractivity contribution in [1.29, 1.82) is 0 Å². The molecule has 8 heteroatoms. The second-order valence-electron chi connectivity index (χ2n) is 6.31. The van der Waals surface area contributed by atoms with Crippen LogP contribution in [0.1, 0.15) is 17.7 Å². The van der Waals surface area contributed by atoms with Gasteiger partial charge in [-0.2, -0.15) is 0 Å². The number of rotatable bonds is 9. The van der Waals surface area contributed by atoms with Crippen molar-refractivity contribution in [3.63, 3.8) is 0 Å². The Hall–Kier alpha value is -2.54. The Morgan fingerprint density at radius 1 is 1.10 bits per heavy atom. The van der Waals surface area contributed by atoms with Crippen molar-refractivity contribution in [3.05, 3.63) is 78.4 Å². The summed E-state index contributed by atoms with van der Waals surface area (Å²) in [5.74, 6) is 0.387. The minimum absolute atomic E-state index is 0. The fraction of sp³-hybridized carbons (Fsp3) is 0.238. The van der Waals surface area contributed by atoms with Gasteiger partial charge < -0.3 is 20.8 Å². The monoisotopic (exact) mass is 436 g/mol. The number of para-hydroxylation sites is 2. The van der Waals surface area contributed by atoms with Crippen LogP contribution < -0.4 is 15.8 Å². The number of H-pyrrole nitrogens is 1. The number of nitrogens with zero attached hydrogens (tertiary/aromatic N) is 1. The average Bonchev–Trinajstić information content (AvgIpc) is 3.20. The molecule has 0 aliphatic heterocycles. The molecule has 0 spiro atoms. The molecule has 1 atom stereocenters. The van der Waals surface area contributed by atoms with Crippen LogP contribution in [0.5, 0.6) is 5.75 Å². The third kappa shape index (κ3) is 7.77. The number of aromatic nitrogens is 2. The van der Waals surface area contributed by atoms with Crippen LogP contribution in [0, 0.1) is 0 Å². The first kappa shape index (κ1) is 24.5. The molecule has 0 saturated carbocycles. The number of ether oxygens (including phenoxy) is 1. The maximum atomic E-state index is 12.4. The van der Waals surface area contributed by atoms with Crippen molar-refractivity contribution < 1.29 is 9.53 Å². The van der Waals surface area contributed by atoms with Crippen molar-refractivity contribution in [2.45, 2.75) is 25.3 Å². The molecule has 1 heterocycles. The number of amides is 1. The highest BCUT2D eigenvalue weighted by Crippen LogP contribution is 2.24. The minimum atomic E-state index is -0.670. The number of aromatic amines is 1. The molecular weight excluding hydrogens is 411 g/mol. The number of nitrogens with two attached hydrogens (primary N) is 1. The van der Waals surface area contributed by atoms with E-state index < -0.39 is 6.04 Å². The molecule has 0 fully saturated rings. The van der Waals surface area contributed by atoms with Crippen LogP contribution in [0.4, 0.5) is 5.69 Å². The molecular formula is C21H26Cl2N4O2. The van der Waals surface area contributed by atoms with Crippen LogP contribution in [0.25, 0.3) is 0 Å². The lowest BCUT2D eigenvalue weighted by Crippen LogP contribution is -2.37. The molecule has 4 N–H and O–H groups in total. The Balaban J connectivity index is 0.00000210. The summed E-state index contributed by atoms with van der Waals surface area (Å²) in [6, 6.07) is 17.0. The summed E-state index contributed by atoms with van der Waals surface area (Å²) >= 11 is 0. The summed E-state index contributed by atoms with van der Waals surface area (Å²) in [6.45, 7) is 0.571. The third-order valence-corrected chi connectivity index (χ3v) is 4.19. The molecule has 0 radical (unpaired) electrons. The highest BCUT2D eigenvalue weighted by Gasteiger charge is 2.16. The predicted octanol–water partition coefficient (Wildman–Crippen LogP) is 3.77. The second kappa shape index (κ2) is 12.8. The zero-order chi connectivity index (χ0) is 18.9. The van der Waals surface area contributed by atoms with Crippen molar-refractivity contribution in [3.8, 4) is 5.75 Å². The first-order valence-corrected chi connectivity index (χ1v) is 9.02. The summed E-state index contributed by atoms with van der Waals surface area (Å²) in [4.78, 5) is 19.3. The molecule has 0 unspecified atom stereocenters. The van der Waals surface area contributed by atoms with Gasteiger partial charge in [0.15, 0.2) is 0 Å². The molecule has 29 heavy (non-hydrogen) atoms. The van der Waals surface area contributed by atoms with E-state index in [9.17, 15) is 4.79 Å². The molecule has 2 aromatic carbocycles. The number of carbonyl (C=O) groups is 1. The van der Waals surface area contributed by atoms with Gasteiger partial charge in [-0.3, -0.25) is 4.79 Å². The Labute approximate surface area is 183 Å². The van der Waals surface area contributed by atoms with Crippen molar-refractivity contribution >= 4 is 36.4 Å². The molecule has 0 saturated heterocycles. The first-order chi connectivity index (χ1) is 13.2. The average molecular weight is 437 g/mol. The van der Waals surface area contributed by atoms with Crippen molar-refractivity contribution in [2.24, 2.45) is 5.73 Å². The molecule has 6 nitrogen and oxygen atoms in total. The number of aryl methyl sites for hydroxylation is 1. The summed E-state index contributed by atoms with van der Waals surface area (Å²) in [5.41, 5.74) is 8.73.